The SMILES string of the molecule is CC12CCC(C1)C(C)(C)[C@@H]2OC(=O)C(NC(=O)[C@@H](N)CC(=O)O)c1ccco1. The van der Waals surface area contributed by atoms with Crippen molar-refractivity contribution in [3.8, 4) is 0 Å². The van der Waals surface area contributed by atoms with Crippen LogP contribution in [0.25, 0.3) is 0 Å². The first-order valence-electron chi connectivity index (χ1n) is 9.56. The van der Waals surface area contributed by atoms with Gasteiger partial charge in [0.05, 0.1) is 18.7 Å². The molecule has 28 heavy (non-hydrogen) atoms. The van der Waals surface area contributed by atoms with Gasteiger partial charge in [0.2, 0.25) is 5.91 Å². The second-order valence-corrected chi connectivity index (χ2v) is 8.89. The maximum absolute atomic E-state index is 13.0. The van der Waals surface area contributed by atoms with Crippen molar-refractivity contribution < 1.29 is 28.6 Å². The summed E-state index contributed by atoms with van der Waals surface area (Å²) in [6.07, 6.45) is 3.72. The van der Waals surface area contributed by atoms with Crippen LogP contribution >= 0.6 is 0 Å². The molecule has 2 aliphatic carbocycles. The number of fused-ring (bicyclic) bond motifs is 2. The molecule has 1 aromatic heterocycles. The van der Waals surface area contributed by atoms with Crippen LogP contribution in [-0.2, 0) is 19.1 Å². The standard InChI is InChI=1S/C20H28N2O6/c1-19(2)11-6-7-20(3,10-11)18(19)28-17(26)15(13-5-4-8-27-13)22-16(25)12(21)9-14(23)24/h4-5,8,11-12,15,18H,6-7,9-10,21H2,1-3H3,(H,22,25)(H,23,24)/t11?,12-,15?,18-,20?/m0/s1. The van der Waals surface area contributed by atoms with Crippen molar-refractivity contribution in [2.24, 2.45) is 22.5 Å². The molecule has 0 saturated heterocycles. The summed E-state index contributed by atoms with van der Waals surface area (Å²) in [5.74, 6) is -1.86. The normalized spacial score (nSPS) is 29.9. The van der Waals surface area contributed by atoms with E-state index in [0.29, 0.717) is 5.92 Å². The second kappa shape index (κ2) is 7.24. The predicted molar refractivity (Wildman–Crippen MR) is 98.9 cm³/mol. The summed E-state index contributed by atoms with van der Waals surface area (Å²) in [6.45, 7) is 6.37. The molecule has 8 heteroatoms. The number of carboxylic acid groups (broad SMARTS) is 1. The Bertz CT molecular complexity index is 754. The number of nitrogens with two attached hydrogens (primary N) is 1. The molecule has 3 unspecified atom stereocenters. The van der Waals surface area contributed by atoms with Gasteiger partial charge >= 0.3 is 11.9 Å². The third-order valence-corrected chi connectivity index (χ3v) is 6.45. The maximum Gasteiger partial charge on any atom is 0.336 e. The summed E-state index contributed by atoms with van der Waals surface area (Å²) in [5.41, 5.74) is 5.39. The molecule has 154 valence electrons. The van der Waals surface area contributed by atoms with Crippen molar-refractivity contribution in [2.45, 2.75) is 64.6 Å². The van der Waals surface area contributed by atoms with E-state index in [9.17, 15) is 14.4 Å². The number of aliphatic carboxylic acids is 1. The summed E-state index contributed by atoms with van der Waals surface area (Å²) in [7, 11) is 0. The molecule has 0 aromatic carbocycles. The van der Waals surface area contributed by atoms with Gasteiger partial charge in [-0.3, -0.25) is 9.59 Å². The Morgan fingerprint density at radius 3 is 2.64 bits per heavy atom. The zero-order valence-electron chi connectivity index (χ0n) is 16.4. The zero-order chi connectivity index (χ0) is 20.7. The van der Waals surface area contributed by atoms with E-state index in [1.807, 2.05) is 0 Å². The number of rotatable bonds is 7. The minimum atomic E-state index is -1.28. The molecular weight excluding hydrogens is 364 g/mol. The fraction of sp³-hybridized carbons (Fsp3) is 0.650. The van der Waals surface area contributed by atoms with Crippen LogP contribution in [0.2, 0.25) is 0 Å². The smallest absolute Gasteiger partial charge is 0.336 e. The number of furan rings is 1. The molecule has 2 fully saturated rings. The number of amides is 1. The number of carboxylic acids is 1. The van der Waals surface area contributed by atoms with Crippen molar-refractivity contribution in [2.75, 3.05) is 0 Å². The van der Waals surface area contributed by atoms with E-state index in [1.165, 1.54) is 6.26 Å². The molecule has 1 heterocycles. The molecule has 0 spiro atoms. The fourth-order valence-electron chi connectivity index (χ4n) is 4.97. The Kier molecular flexibility index (Phi) is 5.27. The third-order valence-electron chi connectivity index (χ3n) is 6.45. The van der Waals surface area contributed by atoms with Crippen LogP contribution in [0.5, 0.6) is 0 Å². The highest BCUT2D eigenvalue weighted by atomic mass is 16.5. The Labute approximate surface area is 163 Å². The van der Waals surface area contributed by atoms with Gasteiger partial charge in [-0.05, 0) is 37.3 Å². The Balaban J connectivity index is 1.77. The minimum absolute atomic E-state index is 0.0821. The Hall–Kier alpha value is -2.35. The summed E-state index contributed by atoms with van der Waals surface area (Å²) < 4.78 is 11.2. The molecule has 0 aliphatic heterocycles. The van der Waals surface area contributed by atoms with Crippen LogP contribution in [0.4, 0.5) is 0 Å². The van der Waals surface area contributed by atoms with E-state index in [2.05, 4.69) is 26.1 Å². The monoisotopic (exact) mass is 392 g/mol. The fourth-order valence-corrected chi connectivity index (χ4v) is 4.97. The highest BCUT2D eigenvalue weighted by molar-refractivity contribution is 5.90. The lowest BCUT2D eigenvalue weighted by atomic mass is 9.70. The first kappa shape index (κ1) is 20.4. The van der Waals surface area contributed by atoms with E-state index in [4.69, 9.17) is 20.0 Å². The average molecular weight is 392 g/mol. The molecule has 1 aromatic rings. The number of hydrogen-bond donors (Lipinski definition) is 3. The van der Waals surface area contributed by atoms with Crippen LogP contribution in [0, 0.1) is 16.7 Å². The van der Waals surface area contributed by atoms with Crippen LogP contribution in [0.15, 0.2) is 22.8 Å². The largest absolute Gasteiger partial charge is 0.481 e. The molecule has 8 nitrogen and oxygen atoms in total. The second-order valence-electron chi connectivity index (χ2n) is 8.89. The predicted octanol–water partition coefficient (Wildman–Crippen LogP) is 2.00. The minimum Gasteiger partial charge on any atom is -0.481 e. The van der Waals surface area contributed by atoms with Crippen molar-refractivity contribution in [3.05, 3.63) is 24.2 Å². The van der Waals surface area contributed by atoms with Gasteiger partial charge in [-0.15, -0.1) is 0 Å². The number of carbonyl (C=O) groups is 3. The van der Waals surface area contributed by atoms with Crippen LogP contribution in [0.1, 0.15) is 58.3 Å². The summed E-state index contributed by atoms with van der Waals surface area (Å²) in [5, 5.41) is 11.3. The highest BCUT2D eigenvalue weighted by Crippen LogP contribution is 2.63. The van der Waals surface area contributed by atoms with Gasteiger partial charge in [0.1, 0.15) is 11.9 Å². The molecule has 5 atom stereocenters. The molecule has 1 amide bonds. The van der Waals surface area contributed by atoms with Gasteiger partial charge in [-0.25, -0.2) is 4.79 Å². The van der Waals surface area contributed by atoms with E-state index in [-0.39, 0.29) is 22.7 Å². The molecule has 2 aliphatic rings. The van der Waals surface area contributed by atoms with Crippen molar-refractivity contribution >= 4 is 17.8 Å². The van der Waals surface area contributed by atoms with Gasteiger partial charge in [0.15, 0.2) is 6.04 Å². The topological polar surface area (TPSA) is 132 Å². The number of nitrogens with one attached hydrogen (secondary N) is 1. The van der Waals surface area contributed by atoms with Gasteiger partial charge in [0, 0.05) is 10.8 Å². The highest BCUT2D eigenvalue weighted by Gasteiger charge is 2.61. The number of ether oxygens (including phenoxy) is 1. The lowest BCUT2D eigenvalue weighted by Crippen LogP contribution is -2.48. The van der Waals surface area contributed by atoms with Crippen molar-refractivity contribution in [1.82, 2.24) is 5.32 Å². The quantitative estimate of drug-likeness (QED) is 0.605. The number of esters is 1. The van der Waals surface area contributed by atoms with Crippen LogP contribution in [-0.4, -0.2) is 35.1 Å². The van der Waals surface area contributed by atoms with Gasteiger partial charge in [0.25, 0.3) is 0 Å². The van der Waals surface area contributed by atoms with E-state index < -0.39 is 36.4 Å². The molecule has 4 N–H and O–H groups in total. The van der Waals surface area contributed by atoms with E-state index in [0.717, 1.165) is 19.3 Å². The molecule has 2 saturated carbocycles. The van der Waals surface area contributed by atoms with Crippen LogP contribution < -0.4 is 11.1 Å². The lowest BCUT2D eigenvalue weighted by Gasteiger charge is -2.42. The molecule has 0 radical (unpaired) electrons. The molecular formula is C20H28N2O6. The van der Waals surface area contributed by atoms with Gasteiger partial charge < -0.3 is 25.3 Å². The van der Waals surface area contributed by atoms with E-state index >= 15 is 0 Å². The Morgan fingerprint density at radius 1 is 1.39 bits per heavy atom. The zero-order valence-corrected chi connectivity index (χ0v) is 16.4. The molecule has 2 bridgehead atoms. The van der Waals surface area contributed by atoms with Gasteiger partial charge in [-0.1, -0.05) is 20.8 Å². The average Bonchev–Trinajstić information content (AvgIpc) is 3.29. The first-order valence-corrected chi connectivity index (χ1v) is 9.56. The molecule has 3 rings (SSSR count). The van der Waals surface area contributed by atoms with E-state index in [1.54, 1.807) is 12.1 Å². The lowest BCUT2D eigenvalue weighted by molar-refractivity contribution is -0.168. The number of carbonyl (C=O) groups excluding carboxylic acids is 2. The summed E-state index contributed by atoms with van der Waals surface area (Å²) in [6, 6.07) is 0.699. The van der Waals surface area contributed by atoms with Crippen LogP contribution in [0.3, 0.4) is 0 Å². The summed E-state index contributed by atoms with van der Waals surface area (Å²) in [4.78, 5) is 36.1. The third kappa shape index (κ3) is 3.65. The summed E-state index contributed by atoms with van der Waals surface area (Å²) >= 11 is 0. The van der Waals surface area contributed by atoms with Crippen molar-refractivity contribution in [3.63, 3.8) is 0 Å². The maximum atomic E-state index is 13.0. The van der Waals surface area contributed by atoms with Gasteiger partial charge in [-0.2, -0.15) is 0 Å². The Morgan fingerprint density at radius 2 is 2.11 bits per heavy atom. The number of hydrogen-bond acceptors (Lipinski definition) is 6. The first-order chi connectivity index (χ1) is 13.0. The van der Waals surface area contributed by atoms with Crippen molar-refractivity contribution in [1.29, 1.82) is 0 Å².